The monoisotopic (exact) mass is 348 g/mol. The number of carbonyl (C=O) groups excluding carboxylic acids is 2. The van der Waals surface area contributed by atoms with Crippen LogP contribution in [0, 0.1) is 6.92 Å². The van der Waals surface area contributed by atoms with E-state index in [-0.39, 0.29) is 18.4 Å². The van der Waals surface area contributed by atoms with Gasteiger partial charge in [-0.1, -0.05) is 0 Å². The third-order valence-corrected chi connectivity index (χ3v) is 5.08. The quantitative estimate of drug-likeness (QED) is 0.498. The van der Waals surface area contributed by atoms with Crippen LogP contribution in [0.1, 0.15) is 27.9 Å². The molecule has 9 heteroatoms. The van der Waals surface area contributed by atoms with Crippen molar-refractivity contribution in [2.24, 2.45) is 5.73 Å². The summed E-state index contributed by atoms with van der Waals surface area (Å²) in [5.41, 5.74) is 12.3. The first-order chi connectivity index (χ1) is 11.5. The Morgan fingerprint density at radius 3 is 2.92 bits per heavy atom. The van der Waals surface area contributed by atoms with Gasteiger partial charge in [-0.3, -0.25) is 9.59 Å². The van der Waals surface area contributed by atoms with Crippen molar-refractivity contribution in [2.45, 2.75) is 37.9 Å². The van der Waals surface area contributed by atoms with Gasteiger partial charge in [-0.05, 0) is 25.5 Å². The molecule has 1 fully saturated rings. The molecule has 3 atom stereocenters. The highest BCUT2D eigenvalue weighted by atomic mass is 32.1. The highest BCUT2D eigenvalue weighted by Gasteiger charge is 2.32. The van der Waals surface area contributed by atoms with Gasteiger partial charge in [-0.2, -0.15) is 0 Å². The SMILES string of the molecule is Cc1ccc(C2CC(C(=O)N[C@@H](Cc3cnc[nH]3)C(N)=O)NN2)s1. The van der Waals surface area contributed by atoms with E-state index in [4.69, 9.17) is 5.73 Å². The molecule has 0 bridgehead atoms. The largest absolute Gasteiger partial charge is 0.368 e. The van der Waals surface area contributed by atoms with E-state index in [0.717, 1.165) is 5.69 Å². The van der Waals surface area contributed by atoms with Gasteiger partial charge < -0.3 is 16.0 Å². The molecule has 0 aromatic carbocycles. The number of hydrogen-bond acceptors (Lipinski definition) is 6. The topological polar surface area (TPSA) is 125 Å². The van der Waals surface area contributed by atoms with Crippen LogP contribution in [-0.2, 0) is 16.0 Å². The number of amides is 2. The maximum atomic E-state index is 12.4. The van der Waals surface area contributed by atoms with E-state index in [2.05, 4.69) is 38.3 Å². The van der Waals surface area contributed by atoms with Crippen molar-refractivity contribution in [1.29, 1.82) is 0 Å². The van der Waals surface area contributed by atoms with Crippen LogP contribution in [0.15, 0.2) is 24.7 Å². The summed E-state index contributed by atoms with van der Waals surface area (Å²) in [6.07, 6.45) is 4.02. The molecule has 1 aliphatic rings. The van der Waals surface area contributed by atoms with E-state index in [1.807, 2.05) is 6.92 Å². The number of thiophene rings is 1. The summed E-state index contributed by atoms with van der Waals surface area (Å²) in [6, 6.07) is 3.01. The zero-order valence-corrected chi connectivity index (χ0v) is 14.0. The summed E-state index contributed by atoms with van der Waals surface area (Å²) in [6.45, 7) is 2.05. The number of aromatic nitrogens is 2. The van der Waals surface area contributed by atoms with Crippen molar-refractivity contribution in [3.05, 3.63) is 40.1 Å². The number of nitrogens with two attached hydrogens (primary N) is 1. The number of hydrogen-bond donors (Lipinski definition) is 5. The number of nitrogens with one attached hydrogen (secondary N) is 4. The molecule has 0 radical (unpaired) electrons. The second-order valence-electron chi connectivity index (χ2n) is 5.82. The van der Waals surface area contributed by atoms with Crippen LogP contribution in [0.5, 0.6) is 0 Å². The summed E-state index contributed by atoms with van der Waals surface area (Å²) in [5, 5.41) is 2.71. The molecule has 8 nitrogen and oxygen atoms in total. The number of imidazole rings is 1. The van der Waals surface area contributed by atoms with Gasteiger partial charge in [0, 0.05) is 28.1 Å². The summed E-state index contributed by atoms with van der Waals surface area (Å²) >= 11 is 1.70. The normalized spacial score (nSPS) is 21.5. The molecule has 1 aliphatic heterocycles. The molecule has 2 unspecified atom stereocenters. The minimum absolute atomic E-state index is 0.0825. The van der Waals surface area contributed by atoms with Crippen molar-refractivity contribution in [2.75, 3.05) is 0 Å². The smallest absolute Gasteiger partial charge is 0.240 e. The summed E-state index contributed by atoms with van der Waals surface area (Å²) < 4.78 is 0. The van der Waals surface area contributed by atoms with Crippen LogP contribution < -0.4 is 21.9 Å². The summed E-state index contributed by atoms with van der Waals surface area (Å²) in [4.78, 5) is 33.2. The van der Waals surface area contributed by atoms with Crippen molar-refractivity contribution < 1.29 is 9.59 Å². The lowest BCUT2D eigenvalue weighted by Crippen LogP contribution is -2.52. The lowest BCUT2D eigenvalue weighted by molar-refractivity contribution is -0.128. The minimum Gasteiger partial charge on any atom is -0.368 e. The molecular formula is C15H20N6O2S. The number of nitrogens with zero attached hydrogens (tertiary/aromatic N) is 1. The lowest BCUT2D eigenvalue weighted by Gasteiger charge is -2.17. The Balaban J connectivity index is 1.58. The van der Waals surface area contributed by atoms with Crippen molar-refractivity contribution in [3.63, 3.8) is 0 Å². The first-order valence-corrected chi connectivity index (χ1v) is 8.49. The Morgan fingerprint density at radius 1 is 1.46 bits per heavy atom. The summed E-state index contributed by atoms with van der Waals surface area (Å²) in [7, 11) is 0. The van der Waals surface area contributed by atoms with Gasteiger partial charge in [0.15, 0.2) is 0 Å². The predicted octanol–water partition coefficient (Wildman–Crippen LogP) is -0.1000. The fourth-order valence-corrected chi connectivity index (χ4v) is 3.61. The molecule has 2 aromatic heterocycles. The Kier molecular flexibility index (Phi) is 4.93. The Morgan fingerprint density at radius 2 is 2.29 bits per heavy atom. The molecule has 3 heterocycles. The van der Waals surface area contributed by atoms with Crippen LogP contribution >= 0.6 is 11.3 Å². The molecule has 128 valence electrons. The Hall–Kier alpha value is -2.23. The van der Waals surface area contributed by atoms with Gasteiger partial charge in [-0.25, -0.2) is 15.8 Å². The molecule has 0 aliphatic carbocycles. The molecule has 6 N–H and O–H groups in total. The second kappa shape index (κ2) is 7.12. The lowest BCUT2D eigenvalue weighted by atomic mass is 10.1. The van der Waals surface area contributed by atoms with E-state index < -0.39 is 18.0 Å². The van der Waals surface area contributed by atoms with Gasteiger partial charge in [-0.15, -0.1) is 11.3 Å². The highest BCUT2D eigenvalue weighted by Crippen LogP contribution is 2.28. The van der Waals surface area contributed by atoms with Crippen LogP contribution in [0.3, 0.4) is 0 Å². The van der Waals surface area contributed by atoms with Crippen LogP contribution in [0.2, 0.25) is 0 Å². The van der Waals surface area contributed by atoms with Crippen LogP contribution in [0.25, 0.3) is 0 Å². The van der Waals surface area contributed by atoms with Gasteiger partial charge in [0.05, 0.1) is 12.4 Å². The Bertz CT molecular complexity index is 713. The second-order valence-corrected chi connectivity index (χ2v) is 7.14. The number of primary amides is 1. The molecule has 3 rings (SSSR count). The fraction of sp³-hybridized carbons (Fsp3) is 0.400. The standard InChI is InChI=1S/C15H20N6O2S/c1-8-2-3-13(24-8)10-5-12(21-20-10)15(23)19-11(14(16)22)4-9-6-17-7-18-9/h2-3,6-7,10-12,20-21H,4-5H2,1H3,(H2,16,22)(H,17,18)(H,19,23)/t10?,11-,12?/m0/s1. The van der Waals surface area contributed by atoms with E-state index in [9.17, 15) is 9.59 Å². The van der Waals surface area contributed by atoms with Crippen molar-refractivity contribution in [3.8, 4) is 0 Å². The van der Waals surface area contributed by atoms with Crippen LogP contribution in [-0.4, -0.2) is 33.9 Å². The van der Waals surface area contributed by atoms with Crippen molar-refractivity contribution >= 4 is 23.2 Å². The number of aromatic amines is 1. The number of H-pyrrole nitrogens is 1. The first-order valence-electron chi connectivity index (χ1n) is 7.67. The summed E-state index contributed by atoms with van der Waals surface area (Å²) in [5.74, 6) is -0.823. The molecule has 0 spiro atoms. The average molecular weight is 348 g/mol. The maximum Gasteiger partial charge on any atom is 0.240 e. The minimum atomic E-state index is -0.775. The van der Waals surface area contributed by atoms with E-state index in [1.165, 1.54) is 16.1 Å². The number of hydrazine groups is 1. The predicted molar refractivity (Wildman–Crippen MR) is 89.9 cm³/mol. The van der Waals surface area contributed by atoms with E-state index in [1.54, 1.807) is 17.5 Å². The molecule has 2 amide bonds. The third kappa shape index (κ3) is 3.81. The first kappa shape index (κ1) is 16.6. The van der Waals surface area contributed by atoms with E-state index in [0.29, 0.717) is 6.42 Å². The molecule has 1 saturated heterocycles. The van der Waals surface area contributed by atoms with Gasteiger partial charge in [0.2, 0.25) is 11.8 Å². The zero-order valence-electron chi connectivity index (χ0n) is 13.2. The van der Waals surface area contributed by atoms with Crippen molar-refractivity contribution in [1.82, 2.24) is 26.1 Å². The fourth-order valence-electron chi connectivity index (χ4n) is 2.67. The molecular weight excluding hydrogens is 328 g/mol. The zero-order chi connectivity index (χ0) is 17.1. The number of rotatable bonds is 6. The number of aryl methyl sites for hydroxylation is 1. The molecule has 0 saturated carbocycles. The highest BCUT2D eigenvalue weighted by molar-refractivity contribution is 7.12. The third-order valence-electron chi connectivity index (χ3n) is 3.96. The molecule has 24 heavy (non-hydrogen) atoms. The van der Waals surface area contributed by atoms with Gasteiger partial charge >= 0.3 is 0 Å². The molecule has 2 aromatic rings. The van der Waals surface area contributed by atoms with E-state index >= 15 is 0 Å². The number of carbonyl (C=O) groups is 2. The van der Waals surface area contributed by atoms with Crippen LogP contribution in [0.4, 0.5) is 0 Å². The van der Waals surface area contributed by atoms with Gasteiger partial charge in [0.25, 0.3) is 0 Å². The average Bonchev–Trinajstić information content (AvgIpc) is 3.27. The maximum absolute atomic E-state index is 12.4. The van der Waals surface area contributed by atoms with Gasteiger partial charge in [0.1, 0.15) is 12.1 Å². The Labute approximate surface area is 143 Å².